The van der Waals surface area contributed by atoms with Crippen LogP contribution in [-0.2, 0) is 20.8 Å². The van der Waals surface area contributed by atoms with Crippen molar-refractivity contribution in [3.63, 3.8) is 0 Å². The largest absolute Gasteiger partial charge is 0.465 e. The van der Waals surface area contributed by atoms with E-state index in [1.807, 2.05) is 26.8 Å². The van der Waals surface area contributed by atoms with Crippen LogP contribution in [-0.4, -0.2) is 47.3 Å². The summed E-state index contributed by atoms with van der Waals surface area (Å²) in [6.45, 7) is 5.79. The third kappa shape index (κ3) is 7.46. The standard InChI is InChI=1S/C23H23NO5.C11H9NO3/c1-23(2,3)29-22(27)17-7-5-15(6-8-17)14-24-12-11-16-9-10-18(21(26)28-4)13-19(16)20(24)25;1-15-11(14)8-3-2-7-4-5-12-10(13)9(7)6-8/h5-13H,14H2,1-4H3;2-6H,1H3,(H,12,13). The number of carbonyl (C=O) groups excluding carboxylic acids is 3. The molecule has 0 spiro atoms. The number of nitrogens with zero attached hydrogens (tertiary/aromatic N) is 1. The quantitative estimate of drug-likeness (QED) is 0.219. The van der Waals surface area contributed by atoms with Gasteiger partial charge in [-0.15, -0.1) is 0 Å². The maximum atomic E-state index is 12.9. The Hall–Kier alpha value is -5.51. The number of ether oxygens (including phenoxy) is 3. The van der Waals surface area contributed by atoms with Gasteiger partial charge in [-0.1, -0.05) is 24.3 Å². The van der Waals surface area contributed by atoms with Gasteiger partial charge in [-0.3, -0.25) is 9.59 Å². The zero-order valence-corrected chi connectivity index (χ0v) is 25.0. The van der Waals surface area contributed by atoms with E-state index in [-0.39, 0.29) is 17.1 Å². The van der Waals surface area contributed by atoms with Gasteiger partial charge in [-0.05, 0) is 85.6 Å². The van der Waals surface area contributed by atoms with E-state index >= 15 is 0 Å². The van der Waals surface area contributed by atoms with Crippen LogP contribution in [0.1, 0.15) is 57.4 Å². The first-order valence-electron chi connectivity index (χ1n) is 13.6. The molecule has 10 nitrogen and oxygen atoms in total. The molecule has 0 aliphatic heterocycles. The van der Waals surface area contributed by atoms with Crippen molar-refractivity contribution < 1.29 is 28.6 Å². The Labute approximate surface area is 252 Å². The second-order valence-corrected chi connectivity index (χ2v) is 10.8. The molecule has 226 valence electrons. The number of aromatic amines is 1. The summed E-state index contributed by atoms with van der Waals surface area (Å²) in [5, 5.41) is 2.48. The molecule has 0 atom stereocenters. The molecule has 0 unspecified atom stereocenters. The summed E-state index contributed by atoms with van der Waals surface area (Å²) < 4.78 is 16.2. The Morgan fingerprint density at radius 3 is 1.82 bits per heavy atom. The summed E-state index contributed by atoms with van der Waals surface area (Å²) in [7, 11) is 2.61. The average molecular weight is 597 g/mol. The number of methoxy groups -OCH3 is 2. The highest BCUT2D eigenvalue weighted by Crippen LogP contribution is 2.16. The van der Waals surface area contributed by atoms with Crippen LogP contribution in [0.3, 0.4) is 0 Å². The summed E-state index contributed by atoms with van der Waals surface area (Å²) in [6.07, 6.45) is 3.28. The smallest absolute Gasteiger partial charge is 0.338 e. The van der Waals surface area contributed by atoms with Gasteiger partial charge in [0.2, 0.25) is 0 Å². The molecule has 0 aliphatic rings. The summed E-state index contributed by atoms with van der Waals surface area (Å²) in [5.41, 5.74) is 1.05. The van der Waals surface area contributed by atoms with Crippen LogP contribution in [0.2, 0.25) is 0 Å². The molecule has 2 aromatic heterocycles. The predicted molar refractivity (Wildman–Crippen MR) is 166 cm³/mol. The molecule has 0 saturated heterocycles. The van der Waals surface area contributed by atoms with E-state index in [4.69, 9.17) is 9.47 Å². The van der Waals surface area contributed by atoms with Crippen molar-refractivity contribution in [2.45, 2.75) is 32.9 Å². The molecule has 0 saturated carbocycles. The van der Waals surface area contributed by atoms with Crippen LogP contribution in [0.5, 0.6) is 0 Å². The normalized spacial score (nSPS) is 10.9. The highest BCUT2D eigenvalue weighted by Gasteiger charge is 2.18. The van der Waals surface area contributed by atoms with Gasteiger partial charge in [0, 0.05) is 23.2 Å². The topological polar surface area (TPSA) is 134 Å². The molecule has 5 rings (SSSR count). The number of fused-ring (bicyclic) bond motifs is 2. The van der Waals surface area contributed by atoms with Crippen molar-refractivity contribution in [1.29, 1.82) is 0 Å². The van der Waals surface area contributed by atoms with E-state index in [9.17, 15) is 24.0 Å². The minimum atomic E-state index is -0.558. The van der Waals surface area contributed by atoms with Gasteiger partial charge in [0.25, 0.3) is 11.1 Å². The Kier molecular flexibility index (Phi) is 9.43. The van der Waals surface area contributed by atoms with Gasteiger partial charge in [-0.2, -0.15) is 0 Å². The summed E-state index contributed by atoms with van der Waals surface area (Å²) in [6, 6.07) is 20.3. The number of pyridine rings is 2. The Balaban J connectivity index is 0.000000246. The lowest BCUT2D eigenvalue weighted by Gasteiger charge is -2.19. The number of aromatic nitrogens is 2. The molecule has 2 heterocycles. The lowest BCUT2D eigenvalue weighted by Crippen LogP contribution is -2.24. The fourth-order valence-electron chi connectivity index (χ4n) is 4.36. The fraction of sp³-hybridized carbons (Fsp3) is 0.206. The van der Waals surface area contributed by atoms with E-state index in [2.05, 4.69) is 9.72 Å². The van der Waals surface area contributed by atoms with Gasteiger partial charge in [0.05, 0.1) is 37.5 Å². The maximum absolute atomic E-state index is 12.9. The minimum Gasteiger partial charge on any atom is -0.465 e. The lowest BCUT2D eigenvalue weighted by atomic mass is 10.1. The summed E-state index contributed by atoms with van der Waals surface area (Å²) in [5.74, 6) is -1.32. The first-order valence-corrected chi connectivity index (χ1v) is 13.6. The van der Waals surface area contributed by atoms with Crippen LogP contribution in [0.4, 0.5) is 0 Å². The van der Waals surface area contributed by atoms with E-state index in [0.29, 0.717) is 34.0 Å². The third-order valence-corrected chi connectivity index (χ3v) is 6.54. The molecule has 0 aliphatic carbocycles. The minimum absolute atomic E-state index is 0.204. The number of carbonyl (C=O) groups is 3. The number of hydrogen-bond donors (Lipinski definition) is 1. The van der Waals surface area contributed by atoms with Crippen molar-refractivity contribution in [3.05, 3.63) is 128 Å². The molecule has 0 radical (unpaired) electrons. The lowest BCUT2D eigenvalue weighted by molar-refractivity contribution is 0.00691. The molecule has 0 fully saturated rings. The number of H-pyrrole nitrogens is 1. The number of hydrogen-bond acceptors (Lipinski definition) is 8. The van der Waals surface area contributed by atoms with Gasteiger partial charge in [0.1, 0.15) is 5.60 Å². The summed E-state index contributed by atoms with van der Waals surface area (Å²) in [4.78, 5) is 62.0. The second kappa shape index (κ2) is 13.2. The summed E-state index contributed by atoms with van der Waals surface area (Å²) >= 11 is 0. The first-order chi connectivity index (χ1) is 20.9. The molecule has 5 aromatic rings. The molecule has 0 bridgehead atoms. The zero-order chi connectivity index (χ0) is 32.0. The van der Waals surface area contributed by atoms with E-state index in [1.165, 1.54) is 20.3 Å². The van der Waals surface area contributed by atoms with Crippen LogP contribution in [0.25, 0.3) is 21.5 Å². The molecular formula is C34H32N2O8. The highest BCUT2D eigenvalue weighted by molar-refractivity contribution is 5.96. The number of nitrogens with one attached hydrogen (secondary N) is 1. The molecule has 3 aromatic carbocycles. The predicted octanol–water partition coefficient (Wildman–Crippen LogP) is 5.11. The van der Waals surface area contributed by atoms with Crippen LogP contribution >= 0.6 is 0 Å². The van der Waals surface area contributed by atoms with Gasteiger partial charge >= 0.3 is 17.9 Å². The molecule has 0 amide bonds. The Bertz CT molecular complexity index is 1960. The van der Waals surface area contributed by atoms with Gasteiger partial charge in [-0.25, -0.2) is 14.4 Å². The van der Waals surface area contributed by atoms with Crippen LogP contribution in [0, 0.1) is 0 Å². The fourth-order valence-corrected chi connectivity index (χ4v) is 4.36. The van der Waals surface area contributed by atoms with Crippen molar-refractivity contribution in [2.75, 3.05) is 14.2 Å². The Morgan fingerprint density at radius 2 is 1.25 bits per heavy atom. The first kappa shape index (κ1) is 31.4. The molecule has 1 N–H and O–H groups in total. The number of benzene rings is 3. The van der Waals surface area contributed by atoms with Gasteiger partial charge < -0.3 is 23.8 Å². The van der Waals surface area contributed by atoms with E-state index in [0.717, 1.165) is 16.3 Å². The zero-order valence-electron chi connectivity index (χ0n) is 25.0. The second-order valence-electron chi connectivity index (χ2n) is 10.8. The van der Waals surface area contributed by atoms with Crippen LogP contribution in [0.15, 0.2) is 94.8 Å². The molecule has 10 heteroatoms. The van der Waals surface area contributed by atoms with Crippen molar-refractivity contribution in [2.24, 2.45) is 0 Å². The third-order valence-electron chi connectivity index (χ3n) is 6.54. The average Bonchev–Trinajstić information content (AvgIpc) is 3.01. The number of rotatable bonds is 5. The van der Waals surface area contributed by atoms with Crippen molar-refractivity contribution in [3.8, 4) is 0 Å². The Morgan fingerprint density at radius 1 is 0.705 bits per heavy atom. The van der Waals surface area contributed by atoms with Crippen molar-refractivity contribution >= 4 is 39.5 Å². The molecule has 44 heavy (non-hydrogen) atoms. The van der Waals surface area contributed by atoms with Crippen molar-refractivity contribution in [1.82, 2.24) is 9.55 Å². The SMILES string of the molecule is COC(=O)c1ccc2cc[nH]c(=O)c2c1.COC(=O)c1ccc2ccn(Cc3ccc(C(=O)OC(C)(C)C)cc3)c(=O)c2c1. The van der Waals surface area contributed by atoms with E-state index < -0.39 is 17.5 Å². The maximum Gasteiger partial charge on any atom is 0.338 e. The van der Waals surface area contributed by atoms with Gasteiger partial charge in [0.15, 0.2) is 0 Å². The highest BCUT2D eigenvalue weighted by atomic mass is 16.6. The van der Waals surface area contributed by atoms with E-state index in [1.54, 1.807) is 77.6 Å². The number of esters is 3. The van der Waals surface area contributed by atoms with Crippen LogP contribution < -0.4 is 11.1 Å². The monoisotopic (exact) mass is 596 g/mol. The molecular weight excluding hydrogens is 564 g/mol.